The molecule has 0 N–H and O–H groups in total. The molecule has 0 heterocycles. The van der Waals surface area contributed by atoms with E-state index in [4.69, 9.17) is 14.2 Å². The zero-order valence-electron chi connectivity index (χ0n) is 14.1. The molecule has 5 nitrogen and oxygen atoms in total. The molecule has 0 aliphatic heterocycles. The Morgan fingerprint density at radius 3 is 2.18 bits per heavy atom. The number of carbonyl (C=O) groups excluding carboxylic acids is 2. The lowest BCUT2D eigenvalue weighted by molar-refractivity contribution is -0.141. The first-order valence-electron chi connectivity index (χ1n) is 7.19. The van der Waals surface area contributed by atoms with E-state index in [1.54, 1.807) is 26.2 Å². The summed E-state index contributed by atoms with van der Waals surface area (Å²) in [7, 11) is 3.08. The van der Waals surface area contributed by atoms with Gasteiger partial charge in [0, 0.05) is 11.1 Å². The molecule has 0 atom stereocenters. The lowest BCUT2D eigenvalue weighted by Gasteiger charge is -2.24. The van der Waals surface area contributed by atoms with Crippen LogP contribution in [0.15, 0.2) is 12.1 Å². The van der Waals surface area contributed by atoms with E-state index in [0.29, 0.717) is 17.1 Å². The second-order valence-electron chi connectivity index (χ2n) is 5.91. The monoisotopic (exact) mass is 308 g/mol. The van der Waals surface area contributed by atoms with Gasteiger partial charge in [-0.15, -0.1) is 0 Å². The standard InChI is InChI=1S/C17H24O5/c1-7-22-15(19)10-13(18)11-8-12(17(2,3)4)16(21-6)14(9-11)20-5/h8-9H,7,10H2,1-6H3. The zero-order chi connectivity index (χ0) is 16.9. The normalized spacial score (nSPS) is 11.0. The lowest BCUT2D eigenvalue weighted by Crippen LogP contribution is -2.16. The molecule has 0 aliphatic rings. The fourth-order valence-corrected chi connectivity index (χ4v) is 2.13. The Bertz CT molecular complexity index is 555. The number of benzene rings is 1. The molecule has 0 aliphatic carbocycles. The molecular weight excluding hydrogens is 284 g/mol. The number of carbonyl (C=O) groups is 2. The fourth-order valence-electron chi connectivity index (χ4n) is 2.13. The minimum absolute atomic E-state index is 0.237. The van der Waals surface area contributed by atoms with Gasteiger partial charge in [0.25, 0.3) is 0 Å². The van der Waals surface area contributed by atoms with Crippen molar-refractivity contribution < 1.29 is 23.8 Å². The van der Waals surface area contributed by atoms with Crippen molar-refractivity contribution in [3.8, 4) is 11.5 Å². The van der Waals surface area contributed by atoms with Crippen LogP contribution in [0.25, 0.3) is 0 Å². The molecule has 0 amide bonds. The van der Waals surface area contributed by atoms with Crippen molar-refractivity contribution >= 4 is 11.8 Å². The third kappa shape index (κ3) is 4.23. The number of Topliss-reactive ketones (excluding diaryl/α,β-unsaturated/α-hetero) is 1. The molecule has 0 saturated heterocycles. The van der Waals surface area contributed by atoms with Crippen LogP contribution >= 0.6 is 0 Å². The Morgan fingerprint density at radius 1 is 1.09 bits per heavy atom. The summed E-state index contributed by atoms with van der Waals surface area (Å²) < 4.78 is 15.6. The maximum absolute atomic E-state index is 12.3. The van der Waals surface area contributed by atoms with Gasteiger partial charge in [0.05, 0.1) is 20.8 Å². The third-order valence-electron chi connectivity index (χ3n) is 3.22. The molecule has 0 radical (unpaired) electrons. The molecule has 0 saturated carbocycles. The first-order chi connectivity index (χ1) is 10.2. The van der Waals surface area contributed by atoms with Crippen molar-refractivity contribution in [2.45, 2.75) is 39.5 Å². The van der Waals surface area contributed by atoms with Crippen molar-refractivity contribution in [1.29, 1.82) is 0 Å². The molecule has 1 aromatic carbocycles. The number of ether oxygens (including phenoxy) is 3. The Labute approximate surface area is 131 Å². The van der Waals surface area contributed by atoms with Gasteiger partial charge in [0.15, 0.2) is 17.3 Å². The Kier molecular flexibility index (Phi) is 5.97. The highest BCUT2D eigenvalue weighted by atomic mass is 16.5. The number of rotatable bonds is 6. The number of hydrogen-bond acceptors (Lipinski definition) is 5. The summed E-state index contributed by atoms with van der Waals surface area (Å²) in [5.74, 6) is 0.245. The van der Waals surface area contributed by atoms with Crippen molar-refractivity contribution in [3.63, 3.8) is 0 Å². The largest absolute Gasteiger partial charge is 0.493 e. The van der Waals surface area contributed by atoms with Gasteiger partial charge in [-0.05, 0) is 24.5 Å². The van der Waals surface area contributed by atoms with Crippen LogP contribution in [0.2, 0.25) is 0 Å². The summed E-state index contributed by atoms with van der Waals surface area (Å²) in [6, 6.07) is 3.35. The van der Waals surface area contributed by atoms with E-state index >= 15 is 0 Å². The minimum atomic E-state index is -0.528. The molecular formula is C17H24O5. The van der Waals surface area contributed by atoms with Gasteiger partial charge in [0.1, 0.15) is 6.42 Å². The minimum Gasteiger partial charge on any atom is -0.493 e. The van der Waals surface area contributed by atoms with Crippen molar-refractivity contribution in [1.82, 2.24) is 0 Å². The summed E-state index contributed by atoms with van der Waals surface area (Å²) in [6.07, 6.45) is -0.285. The van der Waals surface area contributed by atoms with Crippen LogP contribution in [0.5, 0.6) is 11.5 Å². The highest BCUT2D eigenvalue weighted by Gasteiger charge is 2.25. The van der Waals surface area contributed by atoms with E-state index in [0.717, 1.165) is 5.56 Å². The first kappa shape index (κ1) is 18.0. The first-order valence-corrected chi connectivity index (χ1v) is 7.19. The van der Waals surface area contributed by atoms with E-state index in [2.05, 4.69) is 0 Å². The molecule has 0 aromatic heterocycles. The highest BCUT2D eigenvalue weighted by molar-refractivity contribution is 6.06. The van der Waals surface area contributed by atoms with E-state index < -0.39 is 5.97 Å². The van der Waals surface area contributed by atoms with Gasteiger partial charge in [0.2, 0.25) is 0 Å². The Balaban J connectivity index is 3.27. The van der Waals surface area contributed by atoms with Crippen LogP contribution in [-0.4, -0.2) is 32.6 Å². The van der Waals surface area contributed by atoms with Crippen molar-refractivity contribution in [2.75, 3.05) is 20.8 Å². The van der Waals surface area contributed by atoms with Crippen LogP contribution in [0.3, 0.4) is 0 Å². The average molecular weight is 308 g/mol. The van der Waals surface area contributed by atoms with Gasteiger partial charge in [-0.2, -0.15) is 0 Å². The predicted molar refractivity (Wildman–Crippen MR) is 83.8 cm³/mol. The summed E-state index contributed by atoms with van der Waals surface area (Å²) in [5, 5.41) is 0. The Hall–Kier alpha value is -2.04. The van der Waals surface area contributed by atoms with E-state index in [-0.39, 0.29) is 24.2 Å². The average Bonchev–Trinajstić information content (AvgIpc) is 2.44. The van der Waals surface area contributed by atoms with Gasteiger partial charge < -0.3 is 14.2 Å². The van der Waals surface area contributed by atoms with Crippen LogP contribution in [0.4, 0.5) is 0 Å². The Morgan fingerprint density at radius 2 is 1.73 bits per heavy atom. The zero-order valence-corrected chi connectivity index (χ0v) is 14.1. The fraction of sp³-hybridized carbons (Fsp3) is 0.529. The van der Waals surface area contributed by atoms with E-state index in [1.807, 2.05) is 20.8 Å². The lowest BCUT2D eigenvalue weighted by atomic mass is 9.84. The molecule has 0 bridgehead atoms. The summed E-state index contributed by atoms with van der Waals surface area (Å²) in [5.41, 5.74) is 1.02. The summed E-state index contributed by atoms with van der Waals surface area (Å²) in [4.78, 5) is 23.8. The van der Waals surface area contributed by atoms with Crippen LogP contribution in [0, 0.1) is 0 Å². The van der Waals surface area contributed by atoms with E-state index in [1.165, 1.54) is 7.11 Å². The van der Waals surface area contributed by atoms with Crippen LogP contribution < -0.4 is 9.47 Å². The SMILES string of the molecule is CCOC(=O)CC(=O)c1cc(OC)c(OC)c(C(C)(C)C)c1. The number of esters is 1. The highest BCUT2D eigenvalue weighted by Crippen LogP contribution is 2.39. The predicted octanol–water partition coefficient (Wildman–Crippen LogP) is 3.14. The number of hydrogen-bond donors (Lipinski definition) is 0. The molecule has 22 heavy (non-hydrogen) atoms. The smallest absolute Gasteiger partial charge is 0.313 e. The van der Waals surface area contributed by atoms with Crippen molar-refractivity contribution in [3.05, 3.63) is 23.3 Å². The van der Waals surface area contributed by atoms with Gasteiger partial charge in [-0.3, -0.25) is 9.59 Å². The molecule has 0 spiro atoms. The topological polar surface area (TPSA) is 61.8 Å². The molecule has 0 fully saturated rings. The summed E-state index contributed by atoms with van der Waals surface area (Å²) in [6.45, 7) is 8.01. The molecule has 1 rings (SSSR count). The number of methoxy groups -OCH3 is 2. The van der Waals surface area contributed by atoms with Crippen molar-refractivity contribution in [2.24, 2.45) is 0 Å². The van der Waals surface area contributed by atoms with E-state index in [9.17, 15) is 9.59 Å². The third-order valence-corrected chi connectivity index (χ3v) is 3.22. The number of ketones is 1. The molecule has 1 aromatic rings. The van der Waals surface area contributed by atoms with Crippen LogP contribution in [-0.2, 0) is 14.9 Å². The van der Waals surface area contributed by atoms with Crippen LogP contribution in [0.1, 0.15) is 50.0 Å². The molecule has 0 unspecified atom stereocenters. The quantitative estimate of drug-likeness (QED) is 0.459. The maximum atomic E-state index is 12.3. The van der Waals surface area contributed by atoms with Gasteiger partial charge in [-0.25, -0.2) is 0 Å². The molecule has 5 heteroatoms. The second kappa shape index (κ2) is 7.29. The van der Waals surface area contributed by atoms with Gasteiger partial charge in [-0.1, -0.05) is 20.8 Å². The molecule has 122 valence electrons. The maximum Gasteiger partial charge on any atom is 0.313 e. The summed E-state index contributed by atoms with van der Waals surface area (Å²) >= 11 is 0. The van der Waals surface area contributed by atoms with Gasteiger partial charge >= 0.3 is 5.97 Å². The second-order valence-corrected chi connectivity index (χ2v) is 5.91.